The molecule has 0 saturated heterocycles. The molecule has 24 heavy (non-hydrogen) atoms. The number of hydrogen-bond donors (Lipinski definition) is 1. The number of nitrogens with one attached hydrogen (secondary N) is 1. The van der Waals surface area contributed by atoms with Crippen LogP contribution in [0.1, 0.15) is 66.6 Å². The number of carbonyl (C=O) groups is 1. The lowest BCUT2D eigenvalue weighted by atomic mass is 10.1. The van der Waals surface area contributed by atoms with E-state index in [4.69, 9.17) is 0 Å². The number of aromatic nitrogens is 3. The van der Waals surface area contributed by atoms with Gasteiger partial charge in [-0.25, -0.2) is 4.98 Å². The largest absolute Gasteiger partial charge is 0.350 e. The van der Waals surface area contributed by atoms with E-state index in [0.29, 0.717) is 18.3 Å². The highest BCUT2D eigenvalue weighted by atomic mass is 16.1. The summed E-state index contributed by atoms with van der Waals surface area (Å²) >= 11 is 0. The second-order valence-electron chi connectivity index (χ2n) is 6.84. The van der Waals surface area contributed by atoms with Gasteiger partial charge < -0.3 is 14.5 Å². The van der Waals surface area contributed by atoms with E-state index in [1.807, 2.05) is 36.1 Å². The van der Waals surface area contributed by atoms with Gasteiger partial charge in [-0.1, -0.05) is 25.7 Å². The Morgan fingerprint density at radius 2 is 2.04 bits per heavy atom. The summed E-state index contributed by atoms with van der Waals surface area (Å²) in [5.41, 5.74) is 1.93. The maximum absolute atomic E-state index is 12.2. The Bertz CT molecular complexity index is 677. The minimum absolute atomic E-state index is 0.0215. The zero-order chi connectivity index (χ0) is 16.9. The Balaban J connectivity index is 1.61. The Kier molecular flexibility index (Phi) is 5.38. The second-order valence-corrected chi connectivity index (χ2v) is 6.84. The molecule has 130 valence electrons. The topological polar surface area (TPSA) is 51.9 Å². The maximum Gasteiger partial charge on any atom is 0.267 e. The molecule has 0 radical (unpaired) electrons. The van der Waals surface area contributed by atoms with Crippen molar-refractivity contribution in [3.05, 3.63) is 41.7 Å². The van der Waals surface area contributed by atoms with Crippen LogP contribution in [-0.2, 0) is 13.5 Å². The van der Waals surface area contributed by atoms with E-state index in [2.05, 4.69) is 21.8 Å². The predicted molar refractivity (Wildman–Crippen MR) is 95.2 cm³/mol. The van der Waals surface area contributed by atoms with Crippen LogP contribution in [0.25, 0.3) is 0 Å². The fourth-order valence-corrected chi connectivity index (χ4v) is 3.77. The number of rotatable bonds is 5. The molecule has 0 bridgehead atoms. The molecule has 0 atom stereocenters. The molecular weight excluding hydrogens is 300 g/mol. The third kappa shape index (κ3) is 3.71. The van der Waals surface area contributed by atoms with Crippen molar-refractivity contribution in [3.8, 4) is 0 Å². The Hall–Kier alpha value is -2.04. The molecule has 2 aromatic rings. The molecule has 1 aliphatic rings. The van der Waals surface area contributed by atoms with Gasteiger partial charge in [0.1, 0.15) is 11.5 Å². The minimum Gasteiger partial charge on any atom is -0.350 e. The van der Waals surface area contributed by atoms with Crippen molar-refractivity contribution < 1.29 is 4.79 Å². The first kappa shape index (κ1) is 16.8. The van der Waals surface area contributed by atoms with E-state index >= 15 is 0 Å². The number of imidazole rings is 1. The van der Waals surface area contributed by atoms with Crippen molar-refractivity contribution in [3.63, 3.8) is 0 Å². The van der Waals surface area contributed by atoms with E-state index in [1.165, 1.54) is 44.2 Å². The third-order valence-corrected chi connectivity index (χ3v) is 5.06. The first-order chi connectivity index (χ1) is 11.7. The summed E-state index contributed by atoms with van der Waals surface area (Å²) in [4.78, 5) is 16.8. The van der Waals surface area contributed by atoms with Crippen LogP contribution in [0.4, 0.5) is 0 Å². The van der Waals surface area contributed by atoms with E-state index in [-0.39, 0.29) is 5.91 Å². The molecule has 2 aromatic heterocycles. The quantitative estimate of drug-likeness (QED) is 0.855. The van der Waals surface area contributed by atoms with Crippen LogP contribution in [0, 0.1) is 6.92 Å². The summed E-state index contributed by atoms with van der Waals surface area (Å²) in [6, 6.07) is 4.30. The molecule has 0 unspecified atom stereocenters. The predicted octanol–water partition coefficient (Wildman–Crippen LogP) is 3.40. The van der Waals surface area contributed by atoms with Crippen molar-refractivity contribution in [1.29, 1.82) is 0 Å². The summed E-state index contributed by atoms with van der Waals surface area (Å²) in [6.07, 6.45) is 12.5. The van der Waals surface area contributed by atoms with Gasteiger partial charge in [-0.2, -0.15) is 0 Å². The lowest BCUT2D eigenvalue weighted by Crippen LogP contribution is -2.28. The summed E-state index contributed by atoms with van der Waals surface area (Å²) in [5, 5.41) is 3.01. The average Bonchev–Trinajstić information content (AvgIpc) is 3.04. The fourth-order valence-electron chi connectivity index (χ4n) is 3.77. The summed E-state index contributed by atoms with van der Waals surface area (Å²) in [6.45, 7) is 2.76. The van der Waals surface area contributed by atoms with Crippen molar-refractivity contribution >= 4 is 5.91 Å². The van der Waals surface area contributed by atoms with Crippen LogP contribution < -0.4 is 5.32 Å². The monoisotopic (exact) mass is 328 g/mol. The molecular formula is C19H28N4O. The van der Waals surface area contributed by atoms with E-state index in [9.17, 15) is 4.79 Å². The third-order valence-electron chi connectivity index (χ3n) is 5.06. The van der Waals surface area contributed by atoms with Gasteiger partial charge in [-0.15, -0.1) is 0 Å². The smallest absolute Gasteiger partial charge is 0.267 e. The Morgan fingerprint density at radius 3 is 2.71 bits per heavy atom. The molecule has 1 N–H and O–H groups in total. The molecule has 1 fully saturated rings. The molecule has 1 amide bonds. The number of carbonyl (C=O) groups excluding carboxylic acids is 1. The average molecular weight is 328 g/mol. The SMILES string of the molecule is Cc1cnc(CCNC(=O)c2cccn2C)n1C1CCCCCC1. The van der Waals surface area contributed by atoms with Crippen LogP contribution in [-0.4, -0.2) is 26.6 Å². The normalized spacial score (nSPS) is 16.1. The molecule has 5 nitrogen and oxygen atoms in total. The van der Waals surface area contributed by atoms with Crippen molar-refractivity contribution in [2.75, 3.05) is 6.54 Å². The zero-order valence-electron chi connectivity index (χ0n) is 14.8. The second kappa shape index (κ2) is 7.69. The molecule has 0 aromatic carbocycles. The van der Waals surface area contributed by atoms with Gasteiger partial charge in [0.2, 0.25) is 0 Å². The van der Waals surface area contributed by atoms with Gasteiger partial charge in [-0.3, -0.25) is 4.79 Å². The van der Waals surface area contributed by atoms with Crippen LogP contribution >= 0.6 is 0 Å². The van der Waals surface area contributed by atoms with Gasteiger partial charge >= 0.3 is 0 Å². The Labute approximate surface area is 144 Å². The molecule has 1 aliphatic carbocycles. The standard InChI is InChI=1S/C19H28N4O/c1-15-14-21-18(23(15)16-8-5-3-4-6-9-16)11-12-20-19(24)17-10-7-13-22(17)2/h7,10,13-14,16H,3-6,8-9,11-12H2,1-2H3,(H,20,24). The minimum atomic E-state index is -0.0215. The molecule has 2 heterocycles. The molecule has 5 heteroatoms. The van der Waals surface area contributed by atoms with Gasteiger partial charge in [0.15, 0.2) is 0 Å². The highest BCUT2D eigenvalue weighted by Gasteiger charge is 2.19. The Morgan fingerprint density at radius 1 is 1.29 bits per heavy atom. The number of hydrogen-bond acceptors (Lipinski definition) is 2. The molecule has 0 spiro atoms. The first-order valence-electron chi connectivity index (χ1n) is 9.09. The van der Waals surface area contributed by atoms with Crippen molar-refractivity contribution in [1.82, 2.24) is 19.4 Å². The summed E-state index contributed by atoms with van der Waals surface area (Å²) in [5.74, 6) is 1.08. The van der Waals surface area contributed by atoms with Gasteiger partial charge in [-0.05, 0) is 31.9 Å². The van der Waals surface area contributed by atoms with E-state index < -0.39 is 0 Å². The highest BCUT2D eigenvalue weighted by molar-refractivity contribution is 5.92. The lowest BCUT2D eigenvalue weighted by molar-refractivity contribution is 0.0946. The van der Waals surface area contributed by atoms with Gasteiger partial charge in [0.25, 0.3) is 5.91 Å². The van der Waals surface area contributed by atoms with E-state index in [0.717, 1.165) is 12.2 Å². The van der Waals surface area contributed by atoms with Crippen LogP contribution in [0.3, 0.4) is 0 Å². The van der Waals surface area contributed by atoms with Crippen LogP contribution in [0.15, 0.2) is 24.5 Å². The summed E-state index contributed by atoms with van der Waals surface area (Å²) < 4.78 is 4.26. The van der Waals surface area contributed by atoms with Gasteiger partial charge in [0.05, 0.1) is 0 Å². The molecule has 0 aliphatic heterocycles. The van der Waals surface area contributed by atoms with Gasteiger partial charge in [0, 0.05) is 44.1 Å². The number of nitrogens with zero attached hydrogens (tertiary/aromatic N) is 3. The number of amides is 1. The van der Waals surface area contributed by atoms with E-state index in [1.54, 1.807) is 0 Å². The molecule has 1 saturated carbocycles. The van der Waals surface area contributed by atoms with Crippen LogP contribution in [0.2, 0.25) is 0 Å². The first-order valence-corrected chi connectivity index (χ1v) is 9.09. The van der Waals surface area contributed by atoms with Crippen molar-refractivity contribution in [2.45, 2.75) is 57.9 Å². The fraction of sp³-hybridized carbons (Fsp3) is 0.579. The lowest BCUT2D eigenvalue weighted by Gasteiger charge is -2.21. The molecule has 3 rings (SSSR count). The van der Waals surface area contributed by atoms with Crippen LogP contribution in [0.5, 0.6) is 0 Å². The maximum atomic E-state index is 12.2. The highest BCUT2D eigenvalue weighted by Crippen LogP contribution is 2.29. The van der Waals surface area contributed by atoms with Crippen molar-refractivity contribution in [2.24, 2.45) is 7.05 Å². The number of aryl methyl sites for hydroxylation is 2. The summed E-state index contributed by atoms with van der Waals surface area (Å²) in [7, 11) is 1.89. The zero-order valence-corrected chi connectivity index (χ0v) is 14.8.